The van der Waals surface area contributed by atoms with Crippen LogP contribution in [0.3, 0.4) is 0 Å². The molecule has 1 aromatic heterocycles. The normalized spacial score (nSPS) is 15.9. The Labute approximate surface area is 265 Å². The maximum Gasteiger partial charge on any atom is 0.336 e. The lowest BCUT2D eigenvalue weighted by molar-refractivity contribution is -0.268. The van der Waals surface area contributed by atoms with Crippen molar-refractivity contribution in [1.82, 2.24) is 15.0 Å². The van der Waals surface area contributed by atoms with E-state index in [1.807, 2.05) is 18.2 Å². The predicted octanol–water partition coefficient (Wildman–Crippen LogP) is 5.97. The number of aromatic carboxylic acids is 1. The lowest BCUT2D eigenvalue weighted by Gasteiger charge is -2.31. The molecule has 12 heteroatoms. The Hall–Kier alpha value is -5.20. The molecule has 0 spiro atoms. The summed E-state index contributed by atoms with van der Waals surface area (Å²) in [5.41, 5.74) is 2.79. The minimum absolute atomic E-state index is 0.00519. The van der Waals surface area contributed by atoms with E-state index in [0.717, 1.165) is 12.8 Å². The summed E-state index contributed by atoms with van der Waals surface area (Å²) in [5, 5.41) is 28.8. The molecule has 2 heterocycles. The Morgan fingerprint density at radius 3 is 2.57 bits per heavy atom. The minimum atomic E-state index is -1.15. The largest absolute Gasteiger partial charge is 0.497 e. The third kappa shape index (κ3) is 7.19. The van der Waals surface area contributed by atoms with Crippen LogP contribution in [0, 0.1) is 0 Å². The van der Waals surface area contributed by atoms with Gasteiger partial charge in [-0.3, -0.25) is 0 Å². The van der Waals surface area contributed by atoms with Gasteiger partial charge in [0.2, 0.25) is 0 Å². The van der Waals surface area contributed by atoms with Crippen LogP contribution in [0.15, 0.2) is 72.3 Å². The zero-order chi connectivity index (χ0) is 32.6. The van der Waals surface area contributed by atoms with Gasteiger partial charge in [-0.15, -0.1) is 5.10 Å². The number of hydrogen-bond acceptors (Lipinski definition) is 9. The van der Waals surface area contributed by atoms with Crippen LogP contribution in [-0.2, 0) is 27.4 Å². The standard InChI is InChI=1S/C34H35N3O9/c1-4-5-16-37-31(26-15-14-23(42-2)19-29(26)44-20-21-10-6-7-11-24(21)33(40)41)27(35-36-37)17-22(32(38)39)18-30-25-12-8-9-13-28(25)45-34(43-3)46-30/h6-15,17,19,30,34H,4-5,16,18,20H2,1-3H3,(H,38,39)(H,40,41)/b22-17-. The fourth-order valence-electron chi connectivity index (χ4n) is 5.15. The number of aliphatic carboxylic acids is 1. The van der Waals surface area contributed by atoms with Crippen molar-refractivity contribution in [2.24, 2.45) is 0 Å². The lowest BCUT2D eigenvalue weighted by atomic mass is 9.98. The first-order valence-electron chi connectivity index (χ1n) is 14.8. The van der Waals surface area contributed by atoms with E-state index < -0.39 is 24.5 Å². The molecule has 46 heavy (non-hydrogen) atoms. The number of aryl methyl sites for hydroxylation is 1. The molecule has 2 atom stereocenters. The number of rotatable bonds is 14. The molecule has 12 nitrogen and oxygen atoms in total. The van der Waals surface area contributed by atoms with Crippen LogP contribution in [0.5, 0.6) is 17.2 Å². The van der Waals surface area contributed by atoms with Gasteiger partial charge in [-0.25, -0.2) is 14.3 Å². The maximum atomic E-state index is 12.6. The van der Waals surface area contributed by atoms with Crippen molar-refractivity contribution >= 4 is 18.0 Å². The van der Waals surface area contributed by atoms with Gasteiger partial charge in [0.1, 0.15) is 29.5 Å². The summed E-state index contributed by atoms with van der Waals surface area (Å²) in [4.78, 5) is 24.4. The van der Waals surface area contributed by atoms with Crippen LogP contribution in [0.1, 0.15) is 59.5 Å². The molecule has 4 aromatic rings. The SMILES string of the molecule is CCCCn1nnc(/C=C(/CC2OC(OC)Oc3ccccc32)C(=O)O)c1-c1ccc(OC)cc1OCc1ccccc1C(=O)O. The highest BCUT2D eigenvalue weighted by molar-refractivity contribution is 5.93. The zero-order valence-corrected chi connectivity index (χ0v) is 25.7. The van der Waals surface area contributed by atoms with Crippen LogP contribution in [0.4, 0.5) is 0 Å². The predicted molar refractivity (Wildman–Crippen MR) is 167 cm³/mol. The minimum Gasteiger partial charge on any atom is -0.497 e. The summed E-state index contributed by atoms with van der Waals surface area (Å²) >= 11 is 0. The average Bonchev–Trinajstić information content (AvgIpc) is 3.47. The van der Waals surface area contributed by atoms with E-state index in [1.165, 1.54) is 26.4 Å². The molecular weight excluding hydrogens is 594 g/mol. The van der Waals surface area contributed by atoms with Gasteiger partial charge in [0.15, 0.2) is 0 Å². The summed E-state index contributed by atoms with van der Waals surface area (Å²) in [5.74, 6) is -0.758. The van der Waals surface area contributed by atoms with Crippen molar-refractivity contribution in [2.45, 2.75) is 51.9 Å². The van der Waals surface area contributed by atoms with Crippen molar-refractivity contribution in [3.05, 3.63) is 94.7 Å². The molecule has 240 valence electrons. The van der Waals surface area contributed by atoms with E-state index in [4.69, 9.17) is 23.7 Å². The molecule has 0 radical (unpaired) electrons. The van der Waals surface area contributed by atoms with Gasteiger partial charge in [0.25, 0.3) is 0 Å². The van der Waals surface area contributed by atoms with Crippen molar-refractivity contribution < 1.29 is 43.5 Å². The molecule has 0 bridgehead atoms. The van der Waals surface area contributed by atoms with E-state index in [0.29, 0.717) is 51.9 Å². The first kappa shape index (κ1) is 32.2. The number of carboxylic acids is 2. The van der Waals surface area contributed by atoms with Crippen molar-refractivity contribution in [2.75, 3.05) is 14.2 Å². The molecule has 0 amide bonds. The average molecular weight is 630 g/mol. The number of aromatic nitrogens is 3. The Kier molecular flexibility index (Phi) is 10.3. The van der Waals surface area contributed by atoms with Gasteiger partial charge in [-0.1, -0.05) is 55.0 Å². The number of hydrogen-bond donors (Lipinski definition) is 2. The maximum absolute atomic E-state index is 12.6. The summed E-state index contributed by atoms with van der Waals surface area (Å²) in [6.45, 7) is 1.55. The van der Waals surface area contributed by atoms with Crippen LogP contribution < -0.4 is 14.2 Å². The summed E-state index contributed by atoms with van der Waals surface area (Å²) < 4.78 is 30.3. The monoisotopic (exact) mass is 629 g/mol. The zero-order valence-electron chi connectivity index (χ0n) is 25.7. The summed E-state index contributed by atoms with van der Waals surface area (Å²) in [6, 6.07) is 19.1. The van der Waals surface area contributed by atoms with Gasteiger partial charge < -0.3 is 33.9 Å². The molecule has 0 fully saturated rings. The van der Waals surface area contributed by atoms with Crippen LogP contribution in [0.25, 0.3) is 17.3 Å². The van der Waals surface area contributed by atoms with Crippen molar-refractivity contribution in [1.29, 1.82) is 0 Å². The molecule has 1 aliphatic heterocycles. The second-order valence-corrected chi connectivity index (χ2v) is 10.5. The lowest BCUT2D eigenvalue weighted by Crippen LogP contribution is -2.30. The van der Waals surface area contributed by atoms with Gasteiger partial charge in [0, 0.05) is 48.4 Å². The highest BCUT2D eigenvalue weighted by atomic mass is 16.8. The highest BCUT2D eigenvalue weighted by Crippen LogP contribution is 2.40. The second kappa shape index (κ2) is 14.7. The summed E-state index contributed by atoms with van der Waals surface area (Å²) in [6.07, 6.45) is 2.52. The molecule has 1 aliphatic rings. The van der Waals surface area contributed by atoms with Crippen LogP contribution in [-0.4, -0.2) is 57.8 Å². The third-order valence-corrected chi connectivity index (χ3v) is 7.51. The number of nitrogens with zero attached hydrogens (tertiary/aromatic N) is 3. The Bertz CT molecular complexity index is 1730. The highest BCUT2D eigenvalue weighted by Gasteiger charge is 2.31. The van der Waals surface area contributed by atoms with E-state index in [1.54, 1.807) is 47.1 Å². The van der Waals surface area contributed by atoms with E-state index in [2.05, 4.69) is 17.2 Å². The first-order chi connectivity index (χ1) is 22.3. The Morgan fingerprint density at radius 2 is 1.83 bits per heavy atom. The van der Waals surface area contributed by atoms with E-state index >= 15 is 0 Å². The molecule has 0 aliphatic carbocycles. The molecule has 3 aromatic carbocycles. The van der Waals surface area contributed by atoms with E-state index in [9.17, 15) is 19.8 Å². The molecule has 0 saturated heterocycles. The number of carboxylic acid groups (broad SMARTS) is 2. The van der Waals surface area contributed by atoms with E-state index in [-0.39, 0.29) is 24.2 Å². The summed E-state index contributed by atoms with van der Waals surface area (Å²) in [7, 11) is 2.98. The number of fused-ring (bicyclic) bond motifs is 1. The molecule has 2 N–H and O–H groups in total. The van der Waals surface area contributed by atoms with Crippen LogP contribution >= 0.6 is 0 Å². The fourth-order valence-corrected chi connectivity index (χ4v) is 5.15. The number of carbonyl (C=O) groups is 2. The Morgan fingerprint density at radius 1 is 1.04 bits per heavy atom. The van der Waals surface area contributed by atoms with Gasteiger partial charge in [-0.05, 0) is 36.8 Å². The number of unbranched alkanes of at least 4 members (excludes halogenated alkanes) is 1. The Balaban J connectivity index is 1.56. The number of para-hydroxylation sites is 1. The number of methoxy groups -OCH3 is 2. The quantitative estimate of drug-likeness (QED) is 0.159. The first-order valence-corrected chi connectivity index (χ1v) is 14.8. The molecular formula is C34H35N3O9. The fraction of sp³-hybridized carbons (Fsp3) is 0.294. The third-order valence-electron chi connectivity index (χ3n) is 7.51. The number of ether oxygens (including phenoxy) is 5. The molecule has 5 rings (SSSR count). The second-order valence-electron chi connectivity index (χ2n) is 10.5. The molecule has 2 unspecified atom stereocenters. The molecule has 0 saturated carbocycles. The van der Waals surface area contributed by atoms with Crippen molar-refractivity contribution in [3.8, 4) is 28.5 Å². The van der Waals surface area contributed by atoms with Gasteiger partial charge in [0.05, 0.1) is 24.5 Å². The smallest absolute Gasteiger partial charge is 0.336 e. The van der Waals surface area contributed by atoms with Gasteiger partial charge in [-0.2, -0.15) is 0 Å². The topological polar surface area (TPSA) is 151 Å². The van der Waals surface area contributed by atoms with Crippen molar-refractivity contribution in [3.63, 3.8) is 0 Å². The van der Waals surface area contributed by atoms with Crippen LogP contribution in [0.2, 0.25) is 0 Å². The number of benzene rings is 3. The van der Waals surface area contributed by atoms with Gasteiger partial charge >= 0.3 is 18.4 Å².